The van der Waals surface area contributed by atoms with Gasteiger partial charge in [-0.1, -0.05) is 25.4 Å². The van der Waals surface area contributed by atoms with Gasteiger partial charge in [-0.2, -0.15) is 0 Å². The van der Waals surface area contributed by atoms with Crippen LogP contribution in [0.2, 0.25) is 5.15 Å². The molecule has 22 heavy (non-hydrogen) atoms. The molecule has 1 aromatic rings. The number of aromatic nitrogens is 1. The first-order chi connectivity index (χ1) is 10.5. The maximum absolute atomic E-state index is 12.4. The van der Waals surface area contributed by atoms with Gasteiger partial charge in [0, 0.05) is 18.7 Å². The van der Waals surface area contributed by atoms with Crippen molar-refractivity contribution in [3.63, 3.8) is 0 Å². The SMILES string of the molecule is CC(C)CC(CO)NC(=O)c1cc(Cl)nc(N2CCCC2)c1. The fourth-order valence-corrected chi connectivity index (χ4v) is 2.94. The monoisotopic (exact) mass is 325 g/mol. The van der Waals surface area contributed by atoms with Crippen LogP contribution in [0.15, 0.2) is 12.1 Å². The quantitative estimate of drug-likeness (QED) is 0.789. The number of nitrogens with zero attached hydrogens (tertiary/aromatic N) is 2. The van der Waals surface area contributed by atoms with Gasteiger partial charge in [0.25, 0.3) is 5.91 Å². The van der Waals surface area contributed by atoms with Crippen LogP contribution in [0, 0.1) is 5.92 Å². The van der Waals surface area contributed by atoms with Gasteiger partial charge in [-0.05, 0) is 37.3 Å². The number of carbonyl (C=O) groups excluding carboxylic acids is 1. The minimum absolute atomic E-state index is 0.0677. The molecule has 1 saturated heterocycles. The average molecular weight is 326 g/mol. The second-order valence-electron chi connectivity index (χ2n) is 6.21. The molecule has 0 spiro atoms. The van der Waals surface area contributed by atoms with Crippen LogP contribution in [-0.2, 0) is 0 Å². The molecule has 2 rings (SSSR count). The summed E-state index contributed by atoms with van der Waals surface area (Å²) in [5.41, 5.74) is 0.490. The van der Waals surface area contributed by atoms with Gasteiger partial charge in [0.2, 0.25) is 0 Å². The zero-order chi connectivity index (χ0) is 16.1. The summed E-state index contributed by atoms with van der Waals surface area (Å²) in [6, 6.07) is 3.10. The van der Waals surface area contributed by atoms with Crippen molar-refractivity contribution in [1.82, 2.24) is 10.3 Å². The Bertz CT molecular complexity index is 516. The van der Waals surface area contributed by atoms with E-state index in [9.17, 15) is 9.90 Å². The smallest absolute Gasteiger partial charge is 0.251 e. The van der Waals surface area contributed by atoms with Crippen molar-refractivity contribution in [2.24, 2.45) is 5.92 Å². The van der Waals surface area contributed by atoms with Crippen LogP contribution in [0.3, 0.4) is 0 Å². The Kier molecular flexibility index (Phi) is 6.03. The number of aliphatic hydroxyl groups is 1. The molecule has 1 aliphatic rings. The lowest BCUT2D eigenvalue weighted by Gasteiger charge is -2.20. The third-order valence-electron chi connectivity index (χ3n) is 3.78. The summed E-state index contributed by atoms with van der Waals surface area (Å²) in [5, 5.41) is 12.6. The molecule has 0 aromatic carbocycles. The number of halogens is 1. The maximum Gasteiger partial charge on any atom is 0.251 e. The van der Waals surface area contributed by atoms with Gasteiger partial charge in [-0.15, -0.1) is 0 Å². The van der Waals surface area contributed by atoms with Gasteiger partial charge in [0.15, 0.2) is 0 Å². The normalized spacial score (nSPS) is 16.1. The molecule has 1 unspecified atom stereocenters. The van der Waals surface area contributed by atoms with E-state index in [-0.39, 0.29) is 18.6 Å². The summed E-state index contributed by atoms with van der Waals surface area (Å²) in [6.07, 6.45) is 3.01. The number of amides is 1. The highest BCUT2D eigenvalue weighted by Crippen LogP contribution is 2.22. The first kappa shape index (κ1) is 17.0. The zero-order valence-electron chi connectivity index (χ0n) is 13.2. The molecule has 0 radical (unpaired) electrons. The lowest BCUT2D eigenvalue weighted by molar-refractivity contribution is 0.0908. The van der Waals surface area contributed by atoms with Crippen molar-refractivity contribution < 1.29 is 9.90 Å². The van der Waals surface area contributed by atoms with E-state index in [1.807, 2.05) is 0 Å². The maximum atomic E-state index is 12.4. The van der Waals surface area contributed by atoms with E-state index in [0.29, 0.717) is 16.6 Å². The number of rotatable bonds is 6. The third kappa shape index (κ3) is 4.58. The molecule has 2 heterocycles. The molecule has 1 aromatic heterocycles. The molecular weight excluding hydrogens is 302 g/mol. The minimum Gasteiger partial charge on any atom is -0.394 e. The fraction of sp³-hybridized carbons (Fsp3) is 0.625. The number of anilines is 1. The molecule has 1 atom stereocenters. The number of hydrogen-bond acceptors (Lipinski definition) is 4. The van der Waals surface area contributed by atoms with Crippen LogP contribution in [0.4, 0.5) is 5.82 Å². The van der Waals surface area contributed by atoms with E-state index < -0.39 is 0 Å². The molecule has 5 nitrogen and oxygen atoms in total. The molecule has 0 aliphatic carbocycles. The lowest BCUT2D eigenvalue weighted by Crippen LogP contribution is -2.38. The number of nitrogens with one attached hydrogen (secondary N) is 1. The van der Waals surface area contributed by atoms with Gasteiger partial charge in [0.1, 0.15) is 11.0 Å². The molecule has 122 valence electrons. The molecule has 1 amide bonds. The van der Waals surface area contributed by atoms with Crippen LogP contribution in [0.1, 0.15) is 43.5 Å². The fourth-order valence-electron chi connectivity index (χ4n) is 2.74. The van der Waals surface area contributed by atoms with Crippen molar-refractivity contribution in [3.8, 4) is 0 Å². The molecule has 1 aliphatic heterocycles. The zero-order valence-corrected chi connectivity index (χ0v) is 13.9. The van der Waals surface area contributed by atoms with Crippen molar-refractivity contribution in [1.29, 1.82) is 0 Å². The van der Waals surface area contributed by atoms with Gasteiger partial charge >= 0.3 is 0 Å². The van der Waals surface area contributed by atoms with Crippen LogP contribution < -0.4 is 10.2 Å². The first-order valence-corrected chi connectivity index (χ1v) is 8.21. The predicted molar refractivity (Wildman–Crippen MR) is 88.5 cm³/mol. The second-order valence-corrected chi connectivity index (χ2v) is 6.60. The van der Waals surface area contributed by atoms with Gasteiger partial charge in [-0.25, -0.2) is 4.98 Å². The summed E-state index contributed by atoms with van der Waals surface area (Å²) in [4.78, 5) is 18.8. The Balaban J connectivity index is 2.11. The lowest BCUT2D eigenvalue weighted by atomic mass is 10.0. The Hall–Kier alpha value is -1.33. The Morgan fingerprint density at radius 1 is 1.41 bits per heavy atom. The number of carbonyl (C=O) groups is 1. The van der Waals surface area contributed by atoms with Crippen LogP contribution in [-0.4, -0.2) is 41.7 Å². The van der Waals surface area contributed by atoms with Crippen LogP contribution in [0.25, 0.3) is 0 Å². The first-order valence-electron chi connectivity index (χ1n) is 7.84. The second kappa shape index (κ2) is 7.79. The molecule has 0 saturated carbocycles. The topological polar surface area (TPSA) is 65.5 Å². The molecule has 1 fully saturated rings. The van der Waals surface area contributed by atoms with Crippen LogP contribution >= 0.6 is 11.6 Å². The Morgan fingerprint density at radius 2 is 2.09 bits per heavy atom. The van der Waals surface area contributed by atoms with Gasteiger partial charge in [0.05, 0.1) is 12.6 Å². The highest BCUT2D eigenvalue weighted by Gasteiger charge is 2.19. The van der Waals surface area contributed by atoms with E-state index in [1.165, 1.54) is 0 Å². The summed E-state index contributed by atoms with van der Waals surface area (Å²) in [6.45, 7) is 5.94. The number of hydrogen-bond donors (Lipinski definition) is 2. The summed E-state index contributed by atoms with van der Waals surface area (Å²) >= 11 is 6.06. The highest BCUT2D eigenvalue weighted by molar-refractivity contribution is 6.29. The Morgan fingerprint density at radius 3 is 2.68 bits per heavy atom. The average Bonchev–Trinajstić information content (AvgIpc) is 2.99. The van der Waals surface area contributed by atoms with E-state index >= 15 is 0 Å². The van der Waals surface area contributed by atoms with Gasteiger partial charge in [-0.3, -0.25) is 4.79 Å². The number of pyridine rings is 1. The van der Waals surface area contributed by atoms with E-state index in [0.717, 1.165) is 38.2 Å². The minimum atomic E-state index is -0.241. The summed E-state index contributed by atoms with van der Waals surface area (Å²) in [5.74, 6) is 0.933. The highest BCUT2D eigenvalue weighted by atomic mass is 35.5. The predicted octanol–water partition coefficient (Wildman–Crippen LogP) is 2.47. The Labute approximate surface area is 136 Å². The standard InChI is InChI=1S/C16H24ClN3O2/c1-11(2)7-13(10-21)18-16(22)12-8-14(17)19-15(9-12)20-5-3-4-6-20/h8-9,11,13,21H,3-7,10H2,1-2H3,(H,18,22). The third-order valence-corrected chi connectivity index (χ3v) is 3.98. The van der Waals surface area contributed by atoms with E-state index in [2.05, 4.69) is 29.0 Å². The molecule has 6 heteroatoms. The number of aliphatic hydroxyl groups excluding tert-OH is 1. The van der Waals surface area contributed by atoms with Crippen LogP contribution in [0.5, 0.6) is 0 Å². The summed E-state index contributed by atoms with van der Waals surface area (Å²) < 4.78 is 0. The molecular formula is C16H24ClN3O2. The largest absolute Gasteiger partial charge is 0.394 e. The van der Waals surface area contributed by atoms with Crippen molar-refractivity contribution in [2.75, 3.05) is 24.6 Å². The van der Waals surface area contributed by atoms with Gasteiger partial charge < -0.3 is 15.3 Å². The molecule has 2 N–H and O–H groups in total. The van der Waals surface area contributed by atoms with Crippen molar-refractivity contribution in [3.05, 3.63) is 22.8 Å². The van der Waals surface area contributed by atoms with Crippen molar-refractivity contribution in [2.45, 2.75) is 39.2 Å². The summed E-state index contributed by atoms with van der Waals surface area (Å²) in [7, 11) is 0. The molecule has 0 bridgehead atoms. The van der Waals surface area contributed by atoms with Crippen molar-refractivity contribution >= 4 is 23.3 Å². The van der Waals surface area contributed by atoms with E-state index in [4.69, 9.17) is 11.6 Å². The van der Waals surface area contributed by atoms with E-state index in [1.54, 1.807) is 12.1 Å².